The quantitative estimate of drug-likeness (QED) is 0.0984. The number of halogens is 2. The van der Waals surface area contributed by atoms with Crippen molar-refractivity contribution in [1.82, 2.24) is 9.47 Å². The van der Waals surface area contributed by atoms with Crippen LogP contribution in [0.3, 0.4) is 0 Å². The Morgan fingerprint density at radius 3 is 2.31 bits per heavy atom. The lowest BCUT2D eigenvalue weighted by Gasteiger charge is -2.33. The van der Waals surface area contributed by atoms with Gasteiger partial charge in [0.2, 0.25) is 0 Å². The molecule has 0 aliphatic heterocycles. The number of esters is 2. The summed E-state index contributed by atoms with van der Waals surface area (Å²) in [5.74, 6) is -0.205. The van der Waals surface area contributed by atoms with Crippen molar-refractivity contribution in [1.29, 1.82) is 0 Å². The van der Waals surface area contributed by atoms with Crippen LogP contribution in [0.15, 0.2) is 65.1 Å². The summed E-state index contributed by atoms with van der Waals surface area (Å²) >= 11 is 9.32. The molecule has 1 aromatic heterocycles. The number of carbonyl (C=O) groups is 3. The van der Waals surface area contributed by atoms with E-state index in [-0.39, 0.29) is 19.1 Å². The van der Waals surface area contributed by atoms with Crippen LogP contribution in [0.4, 0.5) is 5.69 Å². The van der Waals surface area contributed by atoms with Crippen molar-refractivity contribution < 1.29 is 28.6 Å². The summed E-state index contributed by atoms with van der Waals surface area (Å²) in [6.45, 7) is 7.18. The van der Waals surface area contributed by atoms with Gasteiger partial charge in [-0.3, -0.25) is 19.1 Å². The zero-order chi connectivity index (χ0) is 34.8. The van der Waals surface area contributed by atoms with Crippen LogP contribution in [0.25, 0.3) is 10.9 Å². The third-order valence-corrected chi connectivity index (χ3v) is 9.31. The molecule has 5 rings (SSSR count). The van der Waals surface area contributed by atoms with Gasteiger partial charge in [0.15, 0.2) is 0 Å². The van der Waals surface area contributed by atoms with Crippen molar-refractivity contribution in [3.05, 3.63) is 92.5 Å². The van der Waals surface area contributed by atoms with E-state index in [0.29, 0.717) is 32.4 Å². The molecular weight excluding hydrogens is 698 g/mol. The highest BCUT2D eigenvalue weighted by atomic mass is 79.9. The minimum absolute atomic E-state index is 0.00284. The molecule has 1 heterocycles. The van der Waals surface area contributed by atoms with E-state index in [0.717, 1.165) is 41.0 Å². The second-order valence-electron chi connectivity index (χ2n) is 11.7. The van der Waals surface area contributed by atoms with Gasteiger partial charge in [0.25, 0.3) is 5.91 Å². The second kappa shape index (κ2) is 17.5. The van der Waals surface area contributed by atoms with Crippen LogP contribution >= 0.6 is 27.5 Å². The molecule has 9 nitrogen and oxygen atoms in total. The minimum Gasteiger partial charge on any atom is -0.497 e. The Morgan fingerprint density at radius 2 is 1.67 bits per heavy atom. The summed E-state index contributed by atoms with van der Waals surface area (Å²) in [4.78, 5) is 38.3. The van der Waals surface area contributed by atoms with Gasteiger partial charge < -0.3 is 19.9 Å². The van der Waals surface area contributed by atoms with Crippen molar-refractivity contribution in [2.24, 2.45) is 0 Å². The molecule has 1 aliphatic carbocycles. The average Bonchev–Trinajstić information content (AvgIpc) is 3.42. The number of methoxy groups -OCH3 is 1. The SMILES string of the molecule is CCN(Cc1cc(Br)c(N)c(C(=O)OCCOC(C)=O)c1)C1CCCCC1.COc1ccc2c(c1)cc(C)n2C(=O)c1ccc(Cl)cc1. The molecule has 0 bridgehead atoms. The Bertz CT molecular complexity index is 1730. The normalized spacial score (nSPS) is 13.1. The number of rotatable bonds is 10. The Hall–Kier alpha value is -3.86. The molecular formula is C37H43BrClN3O6. The number of benzene rings is 3. The van der Waals surface area contributed by atoms with E-state index in [1.165, 1.54) is 39.0 Å². The molecule has 2 N–H and O–H groups in total. The maximum Gasteiger partial charge on any atom is 0.340 e. The molecule has 0 unspecified atom stereocenters. The average molecular weight is 741 g/mol. The summed E-state index contributed by atoms with van der Waals surface area (Å²) in [6.07, 6.45) is 6.36. The van der Waals surface area contributed by atoms with Crippen LogP contribution in [-0.4, -0.2) is 60.2 Å². The van der Waals surface area contributed by atoms with Crippen molar-refractivity contribution in [3.63, 3.8) is 0 Å². The largest absolute Gasteiger partial charge is 0.497 e. The fourth-order valence-corrected chi connectivity index (χ4v) is 6.59. The number of hydrogen-bond donors (Lipinski definition) is 1. The number of carbonyl (C=O) groups excluding carboxylic acids is 3. The first-order valence-electron chi connectivity index (χ1n) is 16.1. The molecule has 11 heteroatoms. The van der Waals surface area contributed by atoms with E-state index in [4.69, 9.17) is 31.5 Å². The number of hydrogen-bond acceptors (Lipinski definition) is 8. The Labute approximate surface area is 295 Å². The molecule has 0 radical (unpaired) electrons. The minimum atomic E-state index is -0.511. The van der Waals surface area contributed by atoms with Crippen molar-refractivity contribution in [2.45, 2.75) is 65.5 Å². The number of nitrogens with zero attached hydrogens (tertiary/aromatic N) is 2. The monoisotopic (exact) mass is 739 g/mol. The van der Waals surface area contributed by atoms with Gasteiger partial charge in [0, 0.05) is 45.6 Å². The summed E-state index contributed by atoms with van der Waals surface area (Å²) in [6, 6.07) is 18.9. The second-order valence-corrected chi connectivity index (χ2v) is 13.0. The maximum absolute atomic E-state index is 12.7. The number of aryl methyl sites for hydroxylation is 1. The summed E-state index contributed by atoms with van der Waals surface area (Å²) < 4.78 is 17.6. The summed E-state index contributed by atoms with van der Waals surface area (Å²) in [5, 5.41) is 1.60. The third kappa shape index (κ3) is 9.61. The van der Waals surface area contributed by atoms with Crippen LogP contribution in [0.5, 0.6) is 5.75 Å². The van der Waals surface area contributed by atoms with Gasteiger partial charge >= 0.3 is 11.9 Å². The topological polar surface area (TPSA) is 113 Å². The zero-order valence-electron chi connectivity index (χ0n) is 27.9. The third-order valence-electron chi connectivity index (χ3n) is 8.40. The predicted octanol–water partition coefficient (Wildman–Crippen LogP) is 8.21. The molecule has 48 heavy (non-hydrogen) atoms. The Kier molecular flexibility index (Phi) is 13.5. The fraction of sp³-hybridized carbons (Fsp3) is 0.378. The predicted molar refractivity (Wildman–Crippen MR) is 193 cm³/mol. The number of anilines is 1. The zero-order valence-corrected chi connectivity index (χ0v) is 30.2. The van der Waals surface area contributed by atoms with Crippen molar-refractivity contribution in [2.75, 3.05) is 32.6 Å². The van der Waals surface area contributed by atoms with Gasteiger partial charge in [-0.15, -0.1) is 0 Å². The van der Waals surface area contributed by atoms with Crippen LogP contribution in [-0.2, 0) is 20.8 Å². The highest BCUT2D eigenvalue weighted by Crippen LogP contribution is 2.29. The van der Waals surface area contributed by atoms with Crippen molar-refractivity contribution >= 4 is 62.0 Å². The fourth-order valence-electron chi connectivity index (χ4n) is 5.96. The number of aromatic nitrogens is 1. The first-order valence-corrected chi connectivity index (χ1v) is 17.3. The molecule has 1 saturated carbocycles. The number of fused-ring (bicyclic) bond motifs is 1. The molecule has 0 spiro atoms. The van der Waals surface area contributed by atoms with Gasteiger partial charge in [0.05, 0.1) is 23.9 Å². The standard InChI is InChI=1S/C20H29BrN2O4.C17H14ClNO2/c1-3-23(16-7-5-4-6-8-16)13-15-11-17(19(22)18(21)12-15)20(25)27-10-9-26-14(2)24;1-11-9-13-10-15(21-2)7-8-16(13)19(11)17(20)12-3-5-14(18)6-4-12/h11-12,16H,3-10,13,22H2,1-2H3;3-10H,1-2H3. The van der Waals surface area contributed by atoms with E-state index in [2.05, 4.69) is 27.8 Å². The molecule has 3 aromatic carbocycles. The summed E-state index contributed by atoms with van der Waals surface area (Å²) in [7, 11) is 1.63. The maximum atomic E-state index is 12.7. The van der Waals surface area contributed by atoms with Gasteiger partial charge in [-0.1, -0.05) is 37.8 Å². The highest BCUT2D eigenvalue weighted by Gasteiger charge is 2.22. The van der Waals surface area contributed by atoms with Crippen molar-refractivity contribution in [3.8, 4) is 5.75 Å². The number of nitrogen functional groups attached to an aromatic ring is 1. The van der Waals surface area contributed by atoms with Crippen LogP contribution in [0, 0.1) is 6.92 Å². The van der Waals surface area contributed by atoms with Crippen LogP contribution in [0.1, 0.15) is 77.9 Å². The molecule has 0 amide bonds. The molecule has 1 fully saturated rings. The van der Waals surface area contributed by atoms with E-state index >= 15 is 0 Å². The van der Waals surface area contributed by atoms with Crippen LogP contribution in [0.2, 0.25) is 5.02 Å². The molecule has 4 aromatic rings. The Morgan fingerprint density at radius 1 is 0.979 bits per heavy atom. The van der Waals surface area contributed by atoms with E-state index in [1.54, 1.807) is 42.0 Å². The van der Waals surface area contributed by atoms with Crippen LogP contribution < -0.4 is 10.5 Å². The lowest BCUT2D eigenvalue weighted by atomic mass is 9.93. The van der Waals surface area contributed by atoms with E-state index < -0.39 is 11.9 Å². The first-order chi connectivity index (χ1) is 23.0. The van der Waals surface area contributed by atoms with E-state index in [1.807, 2.05) is 37.3 Å². The van der Waals surface area contributed by atoms with Gasteiger partial charge in [-0.05, 0) is 108 Å². The van der Waals surface area contributed by atoms with Gasteiger partial charge in [-0.25, -0.2) is 4.79 Å². The highest BCUT2D eigenvalue weighted by molar-refractivity contribution is 9.10. The lowest BCUT2D eigenvalue weighted by Crippen LogP contribution is -2.36. The molecule has 1 aliphatic rings. The van der Waals surface area contributed by atoms with Gasteiger partial charge in [-0.2, -0.15) is 0 Å². The first kappa shape index (κ1) is 37.0. The number of ether oxygens (including phenoxy) is 3. The Balaban J connectivity index is 0.000000223. The van der Waals surface area contributed by atoms with Gasteiger partial charge in [0.1, 0.15) is 19.0 Å². The number of nitrogens with two attached hydrogens (primary N) is 1. The summed E-state index contributed by atoms with van der Waals surface area (Å²) in [5.41, 5.74) is 10.1. The molecule has 0 atom stereocenters. The molecule has 0 saturated heterocycles. The smallest absolute Gasteiger partial charge is 0.340 e. The lowest BCUT2D eigenvalue weighted by molar-refractivity contribution is -0.142. The van der Waals surface area contributed by atoms with E-state index in [9.17, 15) is 14.4 Å². The molecule has 256 valence electrons.